The summed E-state index contributed by atoms with van der Waals surface area (Å²) in [5.74, 6) is 0.249. The Hall–Kier alpha value is -5.46. The molecule has 0 fully saturated rings. The van der Waals surface area contributed by atoms with Gasteiger partial charge in [0.25, 0.3) is 0 Å². The molecular formula is C49H40. The second kappa shape index (κ2) is 11.9. The summed E-state index contributed by atoms with van der Waals surface area (Å²) in [7, 11) is 0. The number of fused-ring (bicyclic) bond motifs is 5. The van der Waals surface area contributed by atoms with Crippen molar-refractivity contribution in [1.82, 2.24) is 0 Å². The van der Waals surface area contributed by atoms with Gasteiger partial charge in [0.1, 0.15) is 0 Å². The summed E-state index contributed by atoms with van der Waals surface area (Å²) in [6.45, 7) is 4.55. The zero-order chi connectivity index (χ0) is 33.0. The van der Waals surface area contributed by atoms with Gasteiger partial charge in [-0.2, -0.15) is 0 Å². The van der Waals surface area contributed by atoms with Crippen molar-refractivity contribution in [2.24, 2.45) is 0 Å². The van der Waals surface area contributed by atoms with E-state index in [1.54, 1.807) is 0 Å². The zero-order valence-corrected chi connectivity index (χ0v) is 28.2. The summed E-state index contributed by atoms with van der Waals surface area (Å²) in [6, 6.07) is 60.0. The number of aryl methyl sites for hydroxylation is 2. The minimum absolute atomic E-state index is 0.123. The van der Waals surface area contributed by atoms with Crippen LogP contribution < -0.4 is 0 Å². The topological polar surface area (TPSA) is 0 Å². The summed E-state index contributed by atoms with van der Waals surface area (Å²) in [4.78, 5) is 0. The SMILES string of the molecule is CCc1ccc2c(c1)C(C(c1ccccc1)(c1ccccc1)C1C=Cc3cc(-c4ccc5ccccc5c4)ccc31)c1cc(CC)ccc1-2. The Labute approximate surface area is 290 Å². The molecule has 0 heterocycles. The summed E-state index contributed by atoms with van der Waals surface area (Å²) in [6.07, 6.45) is 6.95. The molecule has 0 radical (unpaired) electrons. The number of rotatable bonds is 7. The van der Waals surface area contributed by atoms with Crippen molar-refractivity contribution >= 4 is 16.8 Å². The Morgan fingerprint density at radius 1 is 0.469 bits per heavy atom. The van der Waals surface area contributed by atoms with Crippen molar-refractivity contribution in [2.45, 2.75) is 43.9 Å². The third kappa shape index (κ3) is 4.66. The van der Waals surface area contributed by atoms with Gasteiger partial charge in [-0.1, -0.05) is 172 Å². The Kier molecular flexibility index (Phi) is 7.20. The molecule has 0 nitrogen and oxygen atoms in total. The largest absolute Gasteiger partial charge is 0.0751 e. The lowest BCUT2D eigenvalue weighted by Crippen LogP contribution is -2.40. The first-order valence-corrected chi connectivity index (χ1v) is 17.9. The van der Waals surface area contributed by atoms with Crippen LogP contribution in [0.2, 0.25) is 0 Å². The van der Waals surface area contributed by atoms with Crippen LogP contribution in [0.15, 0.2) is 164 Å². The highest BCUT2D eigenvalue weighted by Crippen LogP contribution is 2.63. The monoisotopic (exact) mass is 628 g/mol. The first-order valence-electron chi connectivity index (χ1n) is 17.9. The molecule has 1 atom stereocenters. The normalized spacial score (nSPS) is 14.9. The Balaban J connectivity index is 1.31. The minimum atomic E-state index is -0.395. The molecule has 1 unspecified atom stereocenters. The van der Waals surface area contributed by atoms with Crippen LogP contribution in [-0.4, -0.2) is 0 Å². The minimum Gasteiger partial charge on any atom is -0.0751 e. The van der Waals surface area contributed by atoms with Crippen molar-refractivity contribution in [3.63, 3.8) is 0 Å². The molecule has 2 aliphatic rings. The van der Waals surface area contributed by atoms with Crippen LogP contribution in [0.25, 0.3) is 39.1 Å². The summed E-state index contributed by atoms with van der Waals surface area (Å²) in [5.41, 5.74) is 16.0. The van der Waals surface area contributed by atoms with E-state index in [1.165, 1.54) is 77.5 Å². The molecule has 0 saturated carbocycles. The van der Waals surface area contributed by atoms with E-state index in [0.717, 1.165) is 12.8 Å². The zero-order valence-electron chi connectivity index (χ0n) is 28.2. The van der Waals surface area contributed by atoms with Crippen molar-refractivity contribution in [2.75, 3.05) is 0 Å². The van der Waals surface area contributed by atoms with Gasteiger partial charge in [-0.3, -0.25) is 0 Å². The second-order valence-electron chi connectivity index (χ2n) is 13.8. The average Bonchev–Trinajstić information content (AvgIpc) is 3.74. The van der Waals surface area contributed by atoms with Crippen LogP contribution >= 0.6 is 0 Å². The van der Waals surface area contributed by atoms with E-state index in [9.17, 15) is 0 Å². The van der Waals surface area contributed by atoms with Crippen LogP contribution in [0.1, 0.15) is 70.2 Å². The van der Waals surface area contributed by atoms with Gasteiger partial charge in [0, 0.05) is 17.3 Å². The summed E-state index contributed by atoms with van der Waals surface area (Å²) >= 11 is 0. The standard InChI is InChI=1S/C49H40/c1-3-33-19-25-43-44-26-20-34(4-2)30-46(44)48(45(43)29-33)49(40-15-7-5-8-16-40,41-17-9-6-10-18-41)47-28-24-39-32-38(23-27-42(39)47)37-22-21-35-13-11-12-14-36(35)31-37/h5-32,47-48H,3-4H2,1-2H3. The van der Waals surface area contributed by atoms with Crippen LogP contribution in [0.5, 0.6) is 0 Å². The second-order valence-corrected chi connectivity index (χ2v) is 13.8. The highest BCUT2D eigenvalue weighted by atomic mass is 14.5. The molecule has 236 valence electrons. The molecule has 0 aromatic heterocycles. The molecular weight excluding hydrogens is 589 g/mol. The van der Waals surface area contributed by atoms with Crippen molar-refractivity contribution in [1.29, 1.82) is 0 Å². The highest BCUT2D eigenvalue weighted by molar-refractivity contribution is 5.88. The van der Waals surface area contributed by atoms with Crippen LogP contribution in [0, 0.1) is 0 Å². The fourth-order valence-electron chi connectivity index (χ4n) is 9.01. The first kappa shape index (κ1) is 29.7. The van der Waals surface area contributed by atoms with Gasteiger partial charge in [-0.15, -0.1) is 0 Å². The predicted octanol–water partition coefficient (Wildman–Crippen LogP) is 12.5. The van der Waals surface area contributed by atoms with E-state index in [0.29, 0.717) is 0 Å². The lowest BCUT2D eigenvalue weighted by atomic mass is 9.55. The first-order chi connectivity index (χ1) is 24.2. The maximum atomic E-state index is 2.52. The van der Waals surface area contributed by atoms with Gasteiger partial charge >= 0.3 is 0 Å². The van der Waals surface area contributed by atoms with Gasteiger partial charge in [0.2, 0.25) is 0 Å². The lowest BCUT2D eigenvalue weighted by Gasteiger charge is -2.46. The average molecular weight is 629 g/mol. The van der Waals surface area contributed by atoms with Crippen molar-refractivity contribution in [3.8, 4) is 22.3 Å². The van der Waals surface area contributed by atoms with E-state index in [1.807, 2.05) is 0 Å². The Morgan fingerprint density at radius 3 is 1.63 bits per heavy atom. The third-order valence-electron chi connectivity index (χ3n) is 11.4. The molecule has 2 aliphatic carbocycles. The van der Waals surface area contributed by atoms with Gasteiger partial charge < -0.3 is 0 Å². The molecule has 0 bridgehead atoms. The maximum Gasteiger partial charge on any atom is 0.0415 e. The van der Waals surface area contributed by atoms with Gasteiger partial charge in [0.15, 0.2) is 0 Å². The summed E-state index contributed by atoms with van der Waals surface area (Å²) in [5, 5.41) is 2.55. The molecule has 7 aromatic rings. The molecule has 7 aromatic carbocycles. The molecule has 0 heteroatoms. The third-order valence-corrected chi connectivity index (χ3v) is 11.4. The number of benzene rings is 7. The molecule has 0 amide bonds. The van der Waals surface area contributed by atoms with Crippen LogP contribution in [0.3, 0.4) is 0 Å². The fourth-order valence-corrected chi connectivity index (χ4v) is 9.01. The molecule has 0 spiro atoms. The Morgan fingerprint density at radius 2 is 1.02 bits per heavy atom. The van der Waals surface area contributed by atoms with Gasteiger partial charge in [-0.25, -0.2) is 0 Å². The fraction of sp³-hybridized carbons (Fsp3) is 0.143. The van der Waals surface area contributed by atoms with Gasteiger partial charge in [-0.05, 0) is 103 Å². The predicted molar refractivity (Wildman–Crippen MR) is 207 cm³/mol. The quantitative estimate of drug-likeness (QED) is 0.165. The van der Waals surface area contributed by atoms with Crippen LogP contribution in [0.4, 0.5) is 0 Å². The summed E-state index contributed by atoms with van der Waals surface area (Å²) < 4.78 is 0. The highest BCUT2D eigenvalue weighted by Gasteiger charge is 2.53. The van der Waals surface area contributed by atoms with E-state index in [2.05, 4.69) is 184 Å². The molecule has 0 N–H and O–H groups in total. The van der Waals surface area contributed by atoms with Gasteiger partial charge in [0.05, 0.1) is 0 Å². The van der Waals surface area contributed by atoms with E-state index >= 15 is 0 Å². The van der Waals surface area contributed by atoms with E-state index in [-0.39, 0.29) is 11.8 Å². The van der Waals surface area contributed by atoms with E-state index < -0.39 is 5.41 Å². The maximum absolute atomic E-state index is 2.52. The molecule has 49 heavy (non-hydrogen) atoms. The smallest absolute Gasteiger partial charge is 0.0415 e. The lowest BCUT2D eigenvalue weighted by molar-refractivity contribution is 0.416. The molecule has 9 rings (SSSR count). The Bertz CT molecular complexity index is 2270. The number of hydrogen-bond acceptors (Lipinski definition) is 0. The number of hydrogen-bond donors (Lipinski definition) is 0. The number of allylic oxidation sites excluding steroid dienone is 1. The molecule has 0 saturated heterocycles. The van der Waals surface area contributed by atoms with Crippen molar-refractivity contribution in [3.05, 3.63) is 208 Å². The van der Waals surface area contributed by atoms with Crippen LogP contribution in [-0.2, 0) is 18.3 Å². The van der Waals surface area contributed by atoms with Crippen molar-refractivity contribution < 1.29 is 0 Å². The van der Waals surface area contributed by atoms with E-state index in [4.69, 9.17) is 0 Å². The molecule has 0 aliphatic heterocycles.